The summed E-state index contributed by atoms with van der Waals surface area (Å²) in [5, 5.41) is 2.96. The Bertz CT molecular complexity index is 658. The molecule has 24 heavy (non-hydrogen) atoms. The second-order valence-corrected chi connectivity index (χ2v) is 6.20. The van der Waals surface area contributed by atoms with Gasteiger partial charge in [0.15, 0.2) is 6.61 Å². The van der Waals surface area contributed by atoms with Gasteiger partial charge in [-0.15, -0.1) is 0 Å². The van der Waals surface area contributed by atoms with Gasteiger partial charge < -0.3 is 15.0 Å². The first-order valence-corrected chi connectivity index (χ1v) is 8.33. The van der Waals surface area contributed by atoms with Crippen LogP contribution < -0.4 is 15.0 Å². The van der Waals surface area contributed by atoms with Crippen LogP contribution in [0.1, 0.15) is 12.0 Å². The van der Waals surface area contributed by atoms with Crippen LogP contribution in [0.15, 0.2) is 48.7 Å². The molecule has 1 N–H and O–H groups in total. The number of carbonyl (C=O) groups excluding carboxylic acids is 1. The van der Waals surface area contributed by atoms with Crippen molar-refractivity contribution in [2.24, 2.45) is 5.92 Å². The zero-order chi connectivity index (χ0) is 16.8. The van der Waals surface area contributed by atoms with Gasteiger partial charge in [-0.2, -0.15) is 0 Å². The van der Waals surface area contributed by atoms with Crippen molar-refractivity contribution in [3.63, 3.8) is 0 Å². The number of aryl methyl sites for hydroxylation is 1. The maximum atomic E-state index is 11.9. The number of para-hydroxylation sites is 1. The van der Waals surface area contributed by atoms with Gasteiger partial charge in [-0.25, -0.2) is 4.98 Å². The second-order valence-electron chi connectivity index (χ2n) is 6.20. The maximum Gasteiger partial charge on any atom is 0.258 e. The van der Waals surface area contributed by atoms with E-state index in [2.05, 4.69) is 39.5 Å². The third-order valence-corrected chi connectivity index (χ3v) is 4.23. The van der Waals surface area contributed by atoms with Crippen molar-refractivity contribution in [3.8, 4) is 5.88 Å². The van der Waals surface area contributed by atoms with Gasteiger partial charge in [0.1, 0.15) is 0 Å². The van der Waals surface area contributed by atoms with E-state index in [0.717, 1.165) is 25.1 Å². The highest BCUT2D eigenvalue weighted by atomic mass is 16.5. The first-order chi connectivity index (χ1) is 11.7. The van der Waals surface area contributed by atoms with E-state index in [1.54, 1.807) is 12.3 Å². The molecular formula is C19H23N3O2. The lowest BCUT2D eigenvalue weighted by atomic mass is 10.1. The van der Waals surface area contributed by atoms with Crippen molar-refractivity contribution in [2.75, 3.05) is 31.1 Å². The molecule has 1 saturated heterocycles. The number of hydrogen-bond acceptors (Lipinski definition) is 4. The average molecular weight is 325 g/mol. The van der Waals surface area contributed by atoms with Gasteiger partial charge in [-0.3, -0.25) is 4.79 Å². The highest BCUT2D eigenvalue weighted by molar-refractivity contribution is 5.77. The van der Waals surface area contributed by atoms with Crippen LogP contribution in [0.2, 0.25) is 0 Å². The zero-order valence-corrected chi connectivity index (χ0v) is 13.9. The minimum absolute atomic E-state index is 0.00514. The van der Waals surface area contributed by atoms with E-state index in [-0.39, 0.29) is 12.5 Å². The Morgan fingerprint density at radius 1 is 1.29 bits per heavy atom. The molecule has 5 nitrogen and oxygen atoms in total. The lowest BCUT2D eigenvalue weighted by molar-refractivity contribution is -0.123. The van der Waals surface area contributed by atoms with Crippen LogP contribution >= 0.6 is 0 Å². The SMILES string of the molecule is Cc1ccc(OCC(=O)NC[C@H]2CCN(c3ccccc3)C2)nc1. The molecule has 1 aliphatic rings. The third kappa shape index (κ3) is 4.47. The smallest absolute Gasteiger partial charge is 0.258 e. The number of amides is 1. The van der Waals surface area contributed by atoms with Gasteiger partial charge in [0, 0.05) is 37.6 Å². The Labute approximate surface area is 142 Å². The molecule has 2 aromatic rings. The number of nitrogens with zero attached hydrogens (tertiary/aromatic N) is 2. The van der Waals surface area contributed by atoms with Crippen LogP contribution in [0.25, 0.3) is 0 Å². The summed E-state index contributed by atoms with van der Waals surface area (Å²) >= 11 is 0. The fraction of sp³-hybridized carbons (Fsp3) is 0.368. The Morgan fingerprint density at radius 3 is 2.88 bits per heavy atom. The fourth-order valence-corrected chi connectivity index (χ4v) is 2.86. The summed E-state index contributed by atoms with van der Waals surface area (Å²) in [5.41, 5.74) is 2.32. The van der Waals surface area contributed by atoms with Gasteiger partial charge >= 0.3 is 0 Å². The number of carbonyl (C=O) groups is 1. The number of rotatable bonds is 6. The Hall–Kier alpha value is -2.56. The molecule has 0 aliphatic carbocycles. The Balaban J connectivity index is 1.38. The van der Waals surface area contributed by atoms with Crippen LogP contribution in [0.3, 0.4) is 0 Å². The number of hydrogen-bond donors (Lipinski definition) is 1. The summed E-state index contributed by atoms with van der Waals surface area (Å²) in [6.45, 7) is 4.67. The number of aromatic nitrogens is 1. The highest BCUT2D eigenvalue weighted by Crippen LogP contribution is 2.22. The molecule has 1 fully saturated rings. The summed E-state index contributed by atoms with van der Waals surface area (Å²) in [6.07, 6.45) is 2.82. The molecule has 0 radical (unpaired) electrons. The number of anilines is 1. The molecule has 0 bridgehead atoms. The second kappa shape index (κ2) is 7.81. The van der Waals surface area contributed by atoms with Crippen LogP contribution in [0, 0.1) is 12.8 Å². The van der Waals surface area contributed by atoms with E-state index in [1.807, 2.05) is 19.1 Å². The minimum Gasteiger partial charge on any atom is -0.468 e. The zero-order valence-electron chi connectivity index (χ0n) is 13.9. The monoisotopic (exact) mass is 325 g/mol. The lowest BCUT2D eigenvalue weighted by Crippen LogP contribution is -2.34. The quantitative estimate of drug-likeness (QED) is 0.886. The number of pyridine rings is 1. The van der Waals surface area contributed by atoms with Crippen molar-refractivity contribution in [3.05, 3.63) is 54.2 Å². The predicted octanol–water partition coefficient (Wildman–Crippen LogP) is 2.41. The van der Waals surface area contributed by atoms with Gasteiger partial charge in [0.25, 0.3) is 5.91 Å². The van der Waals surface area contributed by atoms with E-state index < -0.39 is 0 Å². The van der Waals surface area contributed by atoms with Crippen molar-refractivity contribution in [1.82, 2.24) is 10.3 Å². The van der Waals surface area contributed by atoms with Crippen LogP contribution in [0.5, 0.6) is 5.88 Å². The highest BCUT2D eigenvalue weighted by Gasteiger charge is 2.22. The molecule has 3 rings (SSSR count). The molecular weight excluding hydrogens is 302 g/mol. The molecule has 1 aliphatic heterocycles. The molecule has 1 aromatic heterocycles. The number of ether oxygens (including phenoxy) is 1. The molecule has 0 spiro atoms. The summed E-state index contributed by atoms with van der Waals surface area (Å²) in [5.74, 6) is 0.856. The van der Waals surface area contributed by atoms with Crippen LogP contribution in [-0.2, 0) is 4.79 Å². The molecule has 126 valence electrons. The van der Waals surface area contributed by atoms with E-state index in [0.29, 0.717) is 18.3 Å². The number of benzene rings is 1. The maximum absolute atomic E-state index is 11.9. The van der Waals surface area contributed by atoms with E-state index in [9.17, 15) is 4.79 Å². The van der Waals surface area contributed by atoms with E-state index in [4.69, 9.17) is 4.74 Å². The van der Waals surface area contributed by atoms with Crippen molar-refractivity contribution in [2.45, 2.75) is 13.3 Å². The first-order valence-electron chi connectivity index (χ1n) is 8.33. The molecule has 1 aromatic carbocycles. The molecule has 1 amide bonds. The van der Waals surface area contributed by atoms with Gasteiger partial charge in [-0.05, 0) is 37.0 Å². The third-order valence-electron chi connectivity index (χ3n) is 4.23. The Morgan fingerprint density at radius 2 is 2.12 bits per heavy atom. The first kappa shape index (κ1) is 16.3. The van der Waals surface area contributed by atoms with Gasteiger partial charge in [0.2, 0.25) is 5.88 Å². The van der Waals surface area contributed by atoms with Crippen molar-refractivity contribution >= 4 is 11.6 Å². The van der Waals surface area contributed by atoms with Crippen molar-refractivity contribution in [1.29, 1.82) is 0 Å². The molecule has 0 saturated carbocycles. The normalized spacial score (nSPS) is 16.9. The molecule has 0 unspecified atom stereocenters. The van der Waals surface area contributed by atoms with Crippen LogP contribution in [0.4, 0.5) is 5.69 Å². The summed E-state index contributed by atoms with van der Waals surface area (Å²) in [6, 6.07) is 14.1. The minimum atomic E-state index is -0.101. The van der Waals surface area contributed by atoms with E-state index in [1.165, 1.54) is 5.69 Å². The molecule has 1 atom stereocenters. The largest absolute Gasteiger partial charge is 0.468 e. The average Bonchev–Trinajstić information content (AvgIpc) is 3.09. The lowest BCUT2D eigenvalue weighted by Gasteiger charge is -2.18. The fourth-order valence-electron chi connectivity index (χ4n) is 2.86. The molecule has 5 heteroatoms. The van der Waals surface area contributed by atoms with Gasteiger partial charge in [0.05, 0.1) is 0 Å². The van der Waals surface area contributed by atoms with E-state index >= 15 is 0 Å². The summed E-state index contributed by atoms with van der Waals surface area (Å²) in [4.78, 5) is 18.4. The standard InChI is InChI=1S/C19H23N3O2/c1-15-7-8-19(21-11-15)24-14-18(23)20-12-16-9-10-22(13-16)17-5-3-2-4-6-17/h2-8,11,16H,9-10,12-14H2,1H3,(H,20,23)/t16-/m1/s1. The van der Waals surface area contributed by atoms with Gasteiger partial charge in [-0.1, -0.05) is 24.3 Å². The summed E-state index contributed by atoms with van der Waals surface area (Å²) in [7, 11) is 0. The summed E-state index contributed by atoms with van der Waals surface area (Å²) < 4.78 is 5.39. The number of nitrogens with one attached hydrogen (secondary N) is 1. The van der Waals surface area contributed by atoms with Crippen molar-refractivity contribution < 1.29 is 9.53 Å². The predicted molar refractivity (Wildman–Crippen MR) is 94.2 cm³/mol. The molecule has 2 heterocycles. The van der Waals surface area contributed by atoms with Crippen LogP contribution in [-0.4, -0.2) is 37.1 Å². The Kier molecular flexibility index (Phi) is 5.31. The topological polar surface area (TPSA) is 54.5 Å².